The molecule has 1 aliphatic heterocycles. The van der Waals surface area contributed by atoms with E-state index in [0.29, 0.717) is 6.42 Å². The third kappa shape index (κ3) is 2.61. The zero-order chi connectivity index (χ0) is 15.0. The lowest BCUT2D eigenvalue weighted by Gasteiger charge is -2.31. The summed E-state index contributed by atoms with van der Waals surface area (Å²) < 4.78 is 37.8. The molecule has 2 atom stereocenters. The van der Waals surface area contributed by atoms with Crippen molar-refractivity contribution in [2.75, 3.05) is 13.7 Å². The average molecular weight is 299 g/mol. The summed E-state index contributed by atoms with van der Waals surface area (Å²) >= 11 is 0. The van der Waals surface area contributed by atoms with Crippen molar-refractivity contribution < 1.29 is 17.9 Å². The molecule has 112 valence electrons. The van der Waals surface area contributed by atoms with Gasteiger partial charge in [-0.05, 0) is 32.4 Å². The van der Waals surface area contributed by atoms with Gasteiger partial charge >= 0.3 is 0 Å². The summed E-state index contributed by atoms with van der Waals surface area (Å²) in [6.45, 7) is 5.80. The molecular formula is C14H21NO4S. The fraction of sp³-hybridized carbons (Fsp3) is 0.571. The topological polar surface area (TPSA) is 55.8 Å². The average Bonchev–Trinajstić information content (AvgIpc) is 2.78. The van der Waals surface area contributed by atoms with Crippen molar-refractivity contribution in [1.82, 2.24) is 4.31 Å². The van der Waals surface area contributed by atoms with Gasteiger partial charge in [0.15, 0.2) is 6.29 Å². The first kappa shape index (κ1) is 15.4. The highest BCUT2D eigenvalue weighted by atomic mass is 32.2. The van der Waals surface area contributed by atoms with E-state index in [1.165, 1.54) is 11.4 Å². The van der Waals surface area contributed by atoms with E-state index in [9.17, 15) is 8.42 Å². The molecule has 2 unspecified atom stereocenters. The minimum Gasteiger partial charge on any atom is -0.354 e. The summed E-state index contributed by atoms with van der Waals surface area (Å²) in [6, 6.07) is 6.84. The minimum atomic E-state index is -3.59. The van der Waals surface area contributed by atoms with Gasteiger partial charge in [0.1, 0.15) is 5.72 Å². The van der Waals surface area contributed by atoms with Crippen molar-refractivity contribution in [2.45, 2.75) is 44.1 Å². The second-order valence-corrected chi connectivity index (χ2v) is 7.02. The van der Waals surface area contributed by atoms with Crippen molar-refractivity contribution in [3.05, 3.63) is 29.8 Å². The molecule has 1 saturated heterocycles. The van der Waals surface area contributed by atoms with Crippen molar-refractivity contribution >= 4 is 10.0 Å². The largest absolute Gasteiger partial charge is 0.354 e. The number of rotatable bonds is 4. The van der Waals surface area contributed by atoms with Gasteiger partial charge in [-0.2, -0.15) is 4.31 Å². The molecule has 0 N–H and O–H groups in total. The van der Waals surface area contributed by atoms with Crippen molar-refractivity contribution in [3.8, 4) is 0 Å². The van der Waals surface area contributed by atoms with Crippen molar-refractivity contribution in [3.63, 3.8) is 0 Å². The smallest absolute Gasteiger partial charge is 0.245 e. The van der Waals surface area contributed by atoms with Crippen LogP contribution >= 0.6 is 0 Å². The number of ether oxygens (including phenoxy) is 2. The molecule has 20 heavy (non-hydrogen) atoms. The minimum absolute atomic E-state index is 0.205. The normalized spacial score (nSPS) is 27.9. The molecule has 1 aromatic carbocycles. The first-order valence-electron chi connectivity index (χ1n) is 6.63. The SMILES string of the molecule is CCC1(C)OC(OC)CN1S(=O)(=O)c1ccc(C)cc1. The first-order chi connectivity index (χ1) is 9.33. The highest BCUT2D eigenvalue weighted by Crippen LogP contribution is 2.35. The summed E-state index contributed by atoms with van der Waals surface area (Å²) in [5.74, 6) is 0. The summed E-state index contributed by atoms with van der Waals surface area (Å²) in [5.41, 5.74) is 0.152. The van der Waals surface area contributed by atoms with Crippen LogP contribution in [0.15, 0.2) is 29.2 Å². The monoisotopic (exact) mass is 299 g/mol. The predicted octanol–water partition coefficient (Wildman–Crippen LogP) is 2.11. The number of methoxy groups -OCH3 is 1. The molecule has 0 saturated carbocycles. The van der Waals surface area contributed by atoms with Gasteiger partial charge in [-0.1, -0.05) is 24.6 Å². The van der Waals surface area contributed by atoms with Crippen LogP contribution in [0.2, 0.25) is 0 Å². The van der Waals surface area contributed by atoms with Gasteiger partial charge in [-0.25, -0.2) is 8.42 Å². The van der Waals surface area contributed by atoms with E-state index in [1.54, 1.807) is 31.2 Å². The molecule has 0 bridgehead atoms. The van der Waals surface area contributed by atoms with Crippen LogP contribution in [-0.2, 0) is 19.5 Å². The fourth-order valence-corrected chi connectivity index (χ4v) is 4.01. The zero-order valence-corrected chi connectivity index (χ0v) is 13.1. The summed E-state index contributed by atoms with van der Waals surface area (Å²) in [7, 11) is -2.07. The third-order valence-corrected chi connectivity index (χ3v) is 5.74. The van der Waals surface area contributed by atoms with Crippen LogP contribution in [0.4, 0.5) is 0 Å². The highest BCUT2D eigenvalue weighted by Gasteiger charge is 2.48. The van der Waals surface area contributed by atoms with Crippen LogP contribution in [0.1, 0.15) is 25.8 Å². The number of nitrogens with zero attached hydrogens (tertiary/aromatic N) is 1. The van der Waals surface area contributed by atoms with E-state index in [-0.39, 0.29) is 11.4 Å². The van der Waals surface area contributed by atoms with Crippen molar-refractivity contribution in [2.24, 2.45) is 0 Å². The number of hydrogen-bond acceptors (Lipinski definition) is 4. The van der Waals surface area contributed by atoms with Gasteiger partial charge in [0.25, 0.3) is 0 Å². The fourth-order valence-electron chi connectivity index (χ4n) is 2.28. The Kier molecular flexibility index (Phi) is 4.20. The van der Waals surface area contributed by atoms with Gasteiger partial charge in [0, 0.05) is 7.11 Å². The molecule has 2 rings (SSSR count). The van der Waals surface area contributed by atoms with Crippen LogP contribution in [0.25, 0.3) is 0 Å². The maximum Gasteiger partial charge on any atom is 0.245 e. The maximum absolute atomic E-state index is 12.8. The Labute approximate surface area is 120 Å². The van der Waals surface area contributed by atoms with Gasteiger partial charge in [-0.15, -0.1) is 0 Å². The second kappa shape index (κ2) is 5.44. The Hall–Kier alpha value is -0.950. The molecule has 1 aliphatic rings. The van der Waals surface area contributed by atoms with E-state index in [0.717, 1.165) is 5.56 Å². The molecule has 5 nitrogen and oxygen atoms in total. The molecule has 6 heteroatoms. The Morgan fingerprint density at radius 2 is 2.00 bits per heavy atom. The number of hydrogen-bond donors (Lipinski definition) is 0. The molecular weight excluding hydrogens is 278 g/mol. The van der Waals surface area contributed by atoms with Crippen molar-refractivity contribution in [1.29, 1.82) is 0 Å². The van der Waals surface area contributed by atoms with Crippen LogP contribution in [0, 0.1) is 6.92 Å². The molecule has 0 amide bonds. The maximum atomic E-state index is 12.8. The van der Waals surface area contributed by atoms with E-state index >= 15 is 0 Å². The standard InChI is InChI=1S/C14H21NO4S/c1-5-14(3)15(10-13(18-4)19-14)20(16,17)12-8-6-11(2)7-9-12/h6-9,13H,5,10H2,1-4H3. The van der Waals surface area contributed by atoms with Crippen LogP contribution in [-0.4, -0.2) is 38.4 Å². The number of aryl methyl sites for hydroxylation is 1. The quantitative estimate of drug-likeness (QED) is 0.854. The lowest BCUT2D eigenvalue weighted by molar-refractivity contribution is -0.157. The number of benzene rings is 1. The molecule has 0 aliphatic carbocycles. The van der Waals surface area contributed by atoms with E-state index in [2.05, 4.69) is 0 Å². The summed E-state index contributed by atoms with van der Waals surface area (Å²) in [5, 5.41) is 0. The van der Waals surface area contributed by atoms with Gasteiger partial charge in [-0.3, -0.25) is 0 Å². The molecule has 0 spiro atoms. The molecule has 1 heterocycles. The Balaban J connectivity index is 2.40. The second-order valence-electron chi connectivity index (χ2n) is 5.16. The third-order valence-electron chi connectivity index (χ3n) is 3.76. The Morgan fingerprint density at radius 3 is 2.50 bits per heavy atom. The molecule has 1 fully saturated rings. The summed E-state index contributed by atoms with van der Waals surface area (Å²) in [6.07, 6.45) is 0.0259. The van der Waals surface area contributed by atoms with Gasteiger partial charge < -0.3 is 9.47 Å². The van der Waals surface area contributed by atoms with Crippen LogP contribution < -0.4 is 0 Å². The number of sulfonamides is 1. The predicted molar refractivity (Wildman–Crippen MR) is 75.6 cm³/mol. The lowest BCUT2D eigenvalue weighted by atomic mass is 10.2. The molecule has 1 aromatic rings. The van der Waals surface area contributed by atoms with E-state index in [4.69, 9.17) is 9.47 Å². The molecule has 0 aromatic heterocycles. The van der Waals surface area contributed by atoms with Gasteiger partial charge in [0.2, 0.25) is 10.0 Å². The Bertz CT molecular complexity index is 569. The van der Waals surface area contributed by atoms with Gasteiger partial charge in [0.05, 0.1) is 11.4 Å². The Morgan fingerprint density at radius 1 is 1.40 bits per heavy atom. The first-order valence-corrected chi connectivity index (χ1v) is 8.07. The zero-order valence-electron chi connectivity index (χ0n) is 12.3. The summed E-state index contributed by atoms with van der Waals surface area (Å²) in [4.78, 5) is 0.281. The molecule has 0 radical (unpaired) electrons. The van der Waals surface area contributed by atoms with E-state index < -0.39 is 22.0 Å². The van der Waals surface area contributed by atoms with E-state index in [1.807, 2.05) is 13.8 Å². The van der Waals surface area contributed by atoms with Crippen LogP contribution in [0.5, 0.6) is 0 Å². The van der Waals surface area contributed by atoms with Crippen LogP contribution in [0.3, 0.4) is 0 Å². The lowest BCUT2D eigenvalue weighted by Crippen LogP contribution is -2.45. The highest BCUT2D eigenvalue weighted by molar-refractivity contribution is 7.89.